The maximum atomic E-state index is 11.9. The van der Waals surface area contributed by atoms with Crippen LogP contribution in [0.5, 0.6) is 0 Å². The van der Waals surface area contributed by atoms with Gasteiger partial charge in [-0.2, -0.15) is 0 Å². The van der Waals surface area contributed by atoms with E-state index in [4.69, 9.17) is 0 Å². The summed E-state index contributed by atoms with van der Waals surface area (Å²) in [6, 6.07) is 6.90. The van der Waals surface area contributed by atoms with Gasteiger partial charge < -0.3 is 23.9 Å². The molecule has 0 heterocycles. The van der Waals surface area contributed by atoms with E-state index in [1.165, 1.54) is 24.3 Å². The second-order valence-corrected chi connectivity index (χ2v) is 7.87. The molecular weight excluding hydrogens is 282 g/mol. The second kappa shape index (κ2) is 5.23. The first-order valence-electron chi connectivity index (χ1n) is 4.78. The monoisotopic (exact) mass is 296 g/mol. The van der Waals surface area contributed by atoms with Gasteiger partial charge in [0.25, 0.3) is 5.08 Å². The highest BCUT2D eigenvalue weighted by atomic mass is 31.2. The SMILES string of the molecule is COP(=O)(O)C(O)(c1ccccc1)P(=O)(O)OC. The lowest BCUT2D eigenvalue weighted by atomic mass is 10.2. The molecule has 0 saturated heterocycles. The van der Waals surface area contributed by atoms with Crippen molar-refractivity contribution >= 4 is 15.2 Å². The molecule has 1 aromatic rings. The summed E-state index contributed by atoms with van der Waals surface area (Å²) in [6.07, 6.45) is 0. The van der Waals surface area contributed by atoms with Crippen LogP contribution < -0.4 is 0 Å². The lowest BCUT2D eigenvalue weighted by molar-refractivity contribution is 0.117. The van der Waals surface area contributed by atoms with E-state index in [0.29, 0.717) is 0 Å². The Morgan fingerprint density at radius 1 is 1.00 bits per heavy atom. The predicted octanol–water partition coefficient (Wildman–Crippen LogP) is 1.45. The third-order valence-electron chi connectivity index (χ3n) is 2.44. The molecule has 9 heteroatoms. The standard InChI is InChI=1S/C9H14O7P2/c1-15-17(11,12)9(10,18(13,14)16-2)8-6-4-3-5-7-8/h3-7,10H,1-2H3,(H,11,12)(H,13,14). The van der Waals surface area contributed by atoms with Crippen LogP contribution in [0.25, 0.3) is 0 Å². The number of rotatable bonds is 5. The molecule has 2 unspecified atom stereocenters. The Labute approximate surface area is 104 Å². The molecule has 0 aliphatic carbocycles. The fourth-order valence-corrected chi connectivity index (χ4v) is 4.63. The molecule has 18 heavy (non-hydrogen) atoms. The molecule has 1 rings (SSSR count). The molecule has 0 aliphatic heterocycles. The Kier molecular flexibility index (Phi) is 4.51. The largest absolute Gasteiger partial charge is 0.376 e. The Morgan fingerprint density at radius 3 is 1.72 bits per heavy atom. The van der Waals surface area contributed by atoms with Gasteiger partial charge in [0, 0.05) is 19.8 Å². The summed E-state index contributed by atoms with van der Waals surface area (Å²) in [6.45, 7) is 0. The van der Waals surface area contributed by atoms with E-state index < -0.39 is 20.3 Å². The first-order chi connectivity index (χ1) is 8.23. The molecule has 102 valence electrons. The zero-order valence-electron chi connectivity index (χ0n) is 9.76. The van der Waals surface area contributed by atoms with Crippen LogP contribution in [-0.2, 0) is 23.3 Å². The molecule has 0 bridgehead atoms. The molecule has 7 nitrogen and oxygen atoms in total. The number of hydrogen-bond donors (Lipinski definition) is 3. The van der Waals surface area contributed by atoms with Crippen molar-refractivity contribution in [1.29, 1.82) is 0 Å². The predicted molar refractivity (Wildman–Crippen MR) is 64.0 cm³/mol. The molecule has 0 aliphatic rings. The first-order valence-corrected chi connectivity index (χ1v) is 7.93. The maximum Gasteiger partial charge on any atom is 0.376 e. The fourth-order valence-electron chi connectivity index (χ4n) is 1.40. The zero-order valence-corrected chi connectivity index (χ0v) is 11.5. The van der Waals surface area contributed by atoms with Crippen molar-refractivity contribution in [1.82, 2.24) is 0 Å². The van der Waals surface area contributed by atoms with Gasteiger partial charge in [-0.15, -0.1) is 0 Å². The first kappa shape index (κ1) is 15.5. The number of aliphatic hydroxyl groups is 1. The summed E-state index contributed by atoms with van der Waals surface area (Å²) in [5.41, 5.74) is -0.245. The van der Waals surface area contributed by atoms with E-state index in [1.54, 1.807) is 6.07 Å². The van der Waals surface area contributed by atoms with E-state index in [9.17, 15) is 24.0 Å². The van der Waals surface area contributed by atoms with Crippen molar-refractivity contribution in [2.75, 3.05) is 14.2 Å². The van der Waals surface area contributed by atoms with Gasteiger partial charge in [-0.25, -0.2) is 0 Å². The molecule has 0 fully saturated rings. The smallest absolute Gasteiger partial charge is 0.364 e. The summed E-state index contributed by atoms with van der Waals surface area (Å²) in [5, 5.41) is 7.22. The molecule has 3 N–H and O–H groups in total. The topological polar surface area (TPSA) is 113 Å². The van der Waals surface area contributed by atoms with Crippen molar-refractivity contribution in [3.63, 3.8) is 0 Å². The normalized spacial score (nSPS) is 21.6. The third-order valence-corrected chi connectivity index (χ3v) is 7.04. The second-order valence-electron chi connectivity index (χ2n) is 3.41. The van der Waals surface area contributed by atoms with Crippen LogP contribution in [0.1, 0.15) is 5.56 Å². The lowest BCUT2D eigenvalue weighted by Crippen LogP contribution is -2.27. The Hall–Kier alpha value is -0.520. The Bertz CT molecular complexity index is 477. The van der Waals surface area contributed by atoms with Gasteiger partial charge in [-0.05, 0) is 0 Å². The zero-order chi connectivity index (χ0) is 14.0. The van der Waals surface area contributed by atoms with Crippen molar-refractivity contribution in [3.8, 4) is 0 Å². The van der Waals surface area contributed by atoms with Crippen molar-refractivity contribution in [2.45, 2.75) is 5.08 Å². The molecule has 1 aromatic carbocycles. The molecule has 0 amide bonds. The van der Waals surface area contributed by atoms with Gasteiger partial charge in [0.15, 0.2) is 0 Å². The lowest BCUT2D eigenvalue weighted by Gasteiger charge is -2.33. The highest BCUT2D eigenvalue weighted by Crippen LogP contribution is 2.76. The molecule has 0 aromatic heterocycles. The highest BCUT2D eigenvalue weighted by Gasteiger charge is 2.62. The Balaban J connectivity index is 3.56. The van der Waals surface area contributed by atoms with E-state index in [1.807, 2.05) is 0 Å². The van der Waals surface area contributed by atoms with Gasteiger partial charge >= 0.3 is 15.2 Å². The van der Waals surface area contributed by atoms with Gasteiger partial charge in [0.1, 0.15) is 0 Å². The fraction of sp³-hybridized carbons (Fsp3) is 0.333. The van der Waals surface area contributed by atoms with Gasteiger partial charge in [0.2, 0.25) is 0 Å². The van der Waals surface area contributed by atoms with Crippen LogP contribution in [0.4, 0.5) is 0 Å². The number of hydrogen-bond acceptors (Lipinski definition) is 5. The van der Waals surface area contributed by atoms with E-state index in [2.05, 4.69) is 9.05 Å². The van der Waals surface area contributed by atoms with Crippen molar-refractivity contribution < 1.29 is 33.1 Å². The van der Waals surface area contributed by atoms with Crippen molar-refractivity contribution in [3.05, 3.63) is 35.9 Å². The van der Waals surface area contributed by atoms with Gasteiger partial charge in [-0.3, -0.25) is 9.13 Å². The summed E-state index contributed by atoms with van der Waals surface area (Å²) >= 11 is 0. The summed E-state index contributed by atoms with van der Waals surface area (Å²) in [7, 11) is -7.97. The van der Waals surface area contributed by atoms with Crippen LogP contribution in [0.2, 0.25) is 0 Å². The van der Waals surface area contributed by atoms with Crippen LogP contribution in [0.15, 0.2) is 30.3 Å². The summed E-state index contributed by atoms with van der Waals surface area (Å²) in [5.74, 6) is 0. The Morgan fingerprint density at radius 2 is 1.39 bits per heavy atom. The average molecular weight is 296 g/mol. The van der Waals surface area contributed by atoms with Gasteiger partial charge in [0.05, 0.1) is 0 Å². The van der Waals surface area contributed by atoms with Crippen LogP contribution >= 0.6 is 15.2 Å². The minimum Gasteiger partial charge on any atom is -0.364 e. The highest BCUT2D eigenvalue weighted by molar-refractivity contribution is 7.72. The maximum absolute atomic E-state index is 11.9. The van der Waals surface area contributed by atoms with Gasteiger partial charge in [-0.1, -0.05) is 30.3 Å². The van der Waals surface area contributed by atoms with Crippen LogP contribution in [0, 0.1) is 0 Å². The average Bonchev–Trinajstić information content (AvgIpc) is 2.38. The summed E-state index contributed by atoms with van der Waals surface area (Å²) in [4.78, 5) is 19.3. The van der Waals surface area contributed by atoms with Crippen LogP contribution in [-0.4, -0.2) is 29.1 Å². The number of benzene rings is 1. The molecule has 0 saturated carbocycles. The molecule has 2 atom stereocenters. The van der Waals surface area contributed by atoms with E-state index in [-0.39, 0.29) is 5.56 Å². The van der Waals surface area contributed by atoms with Crippen molar-refractivity contribution in [2.24, 2.45) is 0 Å². The molecule has 0 radical (unpaired) electrons. The molecular formula is C9H14O7P2. The minimum atomic E-state index is -4.84. The molecule has 0 spiro atoms. The van der Waals surface area contributed by atoms with E-state index >= 15 is 0 Å². The van der Waals surface area contributed by atoms with E-state index in [0.717, 1.165) is 14.2 Å². The quantitative estimate of drug-likeness (QED) is 0.705. The van der Waals surface area contributed by atoms with Crippen LogP contribution in [0.3, 0.4) is 0 Å². The minimum absolute atomic E-state index is 0.245. The summed E-state index contributed by atoms with van der Waals surface area (Å²) < 4.78 is 32.4. The third kappa shape index (κ3) is 2.31.